The lowest BCUT2D eigenvalue weighted by atomic mass is 9.70. The third-order valence-electron chi connectivity index (χ3n) is 13.2. The molecule has 0 radical (unpaired) electrons. The number of Topliss-reactive ketones (excluding diaryl/α,β-unsaturated/α-hetero) is 1. The quantitative estimate of drug-likeness (QED) is 0.189. The van der Waals surface area contributed by atoms with E-state index >= 15 is 0 Å². The van der Waals surface area contributed by atoms with Crippen molar-refractivity contribution in [1.29, 1.82) is 0 Å². The van der Waals surface area contributed by atoms with E-state index in [1.54, 1.807) is 25.7 Å². The van der Waals surface area contributed by atoms with Gasteiger partial charge < -0.3 is 26.2 Å². The molecule has 5 aliphatic rings. The molecule has 5 rings (SSSR count). The first-order chi connectivity index (χ1) is 24.3. The average Bonchev–Trinajstić information content (AvgIpc) is 3.92. The van der Waals surface area contributed by atoms with E-state index in [1.807, 2.05) is 13.8 Å². The summed E-state index contributed by atoms with van der Waals surface area (Å²) in [6.45, 7) is 13.6. The van der Waals surface area contributed by atoms with Gasteiger partial charge in [-0.1, -0.05) is 79.1 Å². The molecule has 0 aromatic carbocycles. The van der Waals surface area contributed by atoms with Gasteiger partial charge in [-0.3, -0.25) is 19.2 Å². The number of rotatable bonds is 14. The number of piperidine rings is 1. The smallest absolute Gasteiger partial charge is 0.315 e. The number of urea groups is 1. The maximum atomic E-state index is 14.9. The third kappa shape index (κ3) is 8.65. The van der Waals surface area contributed by atoms with Gasteiger partial charge in [0.15, 0.2) is 9.84 Å². The summed E-state index contributed by atoms with van der Waals surface area (Å²) in [5, 5.41) is 11.8. The first kappa shape index (κ1) is 40.5. The summed E-state index contributed by atoms with van der Waals surface area (Å²) in [7, 11) is -3.56. The van der Waals surface area contributed by atoms with Gasteiger partial charge in [-0.25, -0.2) is 13.2 Å². The molecule has 0 bridgehead atoms. The summed E-state index contributed by atoms with van der Waals surface area (Å²) in [6, 6.07) is -3.33. The van der Waals surface area contributed by atoms with Gasteiger partial charge in [0.1, 0.15) is 12.1 Å². The van der Waals surface area contributed by atoms with Gasteiger partial charge in [-0.15, -0.1) is 0 Å². The molecule has 3 unspecified atom stereocenters. The largest absolute Gasteiger partial charge is 0.347 e. The standard InChI is InChI=1S/C39H65N5O7S/c1-8-9-16-27(30(45)33(47)40-25-17-18-25)41-32(46)29-28-26(37(28,5)6)23-44(29)34(48)31(38(7)19-12-10-13-20-38)42-35(49)43-39(21-14-11-15-22-39)24-52(50,51)36(2,3)4/h25-29,31H,8-24H2,1-7H3,(H,40,47)(H,41,46)(H2,42,43,49)/t26?,27?,28?,29-,31-/m1/s1. The van der Waals surface area contributed by atoms with Crippen molar-refractivity contribution >= 4 is 39.4 Å². The zero-order valence-electron chi connectivity index (χ0n) is 32.7. The molecule has 5 atom stereocenters. The van der Waals surface area contributed by atoms with E-state index in [0.717, 1.165) is 70.6 Å². The highest BCUT2D eigenvalue weighted by Crippen LogP contribution is 2.65. The van der Waals surface area contributed by atoms with Crippen LogP contribution in [0.1, 0.15) is 145 Å². The summed E-state index contributed by atoms with van der Waals surface area (Å²) in [5.41, 5.74) is -1.71. The lowest BCUT2D eigenvalue weighted by molar-refractivity contribution is -0.146. The predicted octanol–water partition coefficient (Wildman–Crippen LogP) is 4.55. The number of unbranched alkanes of at least 4 members (excludes halogenated alkanes) is 1. The number of carbonyl (C=O) groups excluding carboxylic acids is 5. The Morgan fingerprint density at radius 2 is 1.46 bits per heavy atom. The molecule has 4 N–H and O–H groups in total. The second kappa shape index (κ2) is 15.2. The van der Waals surface area contributed by atoms with Crippen molar-refractivity contribution in [2.24, 2.45) is 22.7 Å². The number of ketones is 1. The second-order valence-electron chi connectivity index (χ2n) is 18.7. The highest BCUT2D eigenvalue weighted by atomic mass is 32.2. The van der Waals surface area contributed by atoms with E-state index in [-0.39, 0.29) is 35.0 Å². The fraction of sp³-hybridized carbons (Fsp3) is 0.872. The van der Waals surface area contributed by atoms with Gasteiger partial charge in [-0.05, 0) is 88.4 Å². The van der Waals surface area contributed by atoms with Crippen LogP contribution in [-0.2, 0) is 29.0 Å². The molecule has 1 saturated heterocycles. The van der Waals surface area contributed by atoms with Crippen LogP contribution in [0.15, 0.2) is 0 Å². The molecule has 52 heavy (non-hydrogen) atoms. The minimum atomic E-state index is -3.56. The lowest BCUT2D eigenvalue weighted by Crippen LogP contribution is -2.65. The predicted molar refractivity (Wildman–Crippen MR) is 200 cm³/mol. The van der Waals surface area contributed by atoms with Crippen molar-refractivity contribution in [3.05, 3.63) is 0 Å². The molecule has 4 saturated carbocycles. The van der Waals surface area contributed by atoms with Crippen LogP contribution < -0.4 is 21.3 Å². The van der Waals surface area contributed by atoms with Gasteiger partial charge >= 0.3 is 6.03 Å². The fourth-order valence-corrected chi connectivity index (χ4v) is 10.8. The van der Waals surface area contributed by atoms with E-state index < -0.39 is 67.3 Å². The summed E-state index contributed by atoms with van der Waals surface area (Å²) in [5.74, 6) is -2.32. The maximum Gasteiger partial charge on any atom is 0.315 e. The van der Waals surface area contributed by atoms with Crippen LogP contribution in [0.5, 0.6) is 0 Å². The number of sulfone groups is 1. The molecular formula is C39H65N5O7S. The van der Waals surface area contributed by atoms with Crippen LogP contribution in [0.2, 0.25) is 0 Å². The van der Waals surface area contributed by atoms with E-state index in [4.69, 9.17) is 0 Å². The third-order valence-corrected chi connectivity index (χ3v) is 16.0. The van der Waals surface area contributed by atoms with Crippen LogP contribution in [0.3, 0.4) is 0 Å². The van der Waals surface area contributed by atoms with Crippen molar-refractivity contribution in [3.63, 3.8) is 0 Å². The van der Waals surface area contributed by atoms with Gasteiger partial charge in [-0.2, -0.15) is 0 Å². The number of hydrogen-bond acceptors (Lipinski definition) is 7. The highest BCUT2D eigenvalue weighted by Gasteiger charge is 2.70. The van der Waals surface area contributed by atoms with E-state index in [0.29, 0.717) is 32.2 Å². The number of likely N-dealkylation sites (tertiary alicyclic amines) is 1. The van der Waals surface area contributed by atoms with Crippen molar-refractivity contribution in [1.82, 2.24) is 26.2 Å². The molecular weight excluding hydrogens is 683 g/mol. The molecule has 1 heterocycles. The summed E-state index contributed by atoms with van der Waals surface area (Å²) < 4.78 is 25.9. The Labute approximate surface area is 311 Å². The van der Waals surface area contributed by atoms with Crippen LogP contribution >= 0.6 is 0 Å². The maximum absolute atomic E-state index is 14.9. The van der Waals surface area contributed by atoms with Crippen LogP contribution in [0.25, 0.3) is 0 Å². The first-order valence-corrected chi connectivity index (χ1v) is 21.7. The number of nitrogens with zero attached hydrogens (tertiary/aromatic N) is 1. The number of hydrogen-bond donors (Lipinski definition) is 4. The summed E-state index contributed by atoms with van der Waals surface area (Å²) >= 11 is 0. The Morgan fingerprint density at radius 3 is 2.02 bits per heavy atom. The monoisotopic (exact) mass is 747 g/mol. The number of amides is 5. The Hall–Kier alpha value is -2.70. The van der Waals surface area contributed by atoms with Gasteiger partial charge in [0.25, 0.3) is 5.91 Å². The molecule has 5 fully saturated rings. The summed E-state index contributed by atoms with van der Waals surface area (Å²) in [6.07, 6.45) is 11.4. The van der Waals surface area contributed by atoms with E-state index in [1.165, 1.54) is 0 Å². The van der Waals surface area contributed by atoms with Crippen LogP contribution in [0, 0.1) is 22.7 Å². The molecule has 4 aliphatic carbocycles. The van der Waals surface area contributed by atoms with Crippen LogP contribution in [-0.4, -0.2) is 89.6 Å². The molecule has 13 heteroatoms. The van der Waals surface area contributed by atoms with Gasteiger partial charge in [0.2, 0.25) is 17.6 Å². The van der Waals surface area contributed by atoms with E-state index in [9.17, 15) is 32.4 Å². The van der Waals surface area contributed by atoms with E-state index in [2.05, 4.69) is 35.1 Å². The number of fused-ring (bicyclic) bond motifs is 1. The van der Waals surface area contributed by atoms with Crippen molar-refractivity contribution in [2.75, 3.05) is 12.3 Å². The molecule has 294 valence electrons. The highest BCUT2D eigenvalue weighted by molar-refractivity contribution is 7.92. The topological polar surface area (TPSA) is 171 Å². The lowest BCUT2D eigenvalue weighted by Gasteiger charge is -2.44. The van der Waals surface area contributed by atoms with Crippen molar-refractivity contribution in [3.8, 4) is 0 Å². The zero-order valence-corrected chi connectivity index (χ0v) is 33.5. The van der Waals surface area contributed by atoms with Crippen LogP contribution in [0.4, 0.5) is 4.79 Å². The fourth-order valence-electron chi connectivity index (χ4n) is 9.26. The second-order valence-corrected chi connectivity index (χ2v) is 21.4. The number of carbonyl (C=O) groups is 5. The Balaban J connectivity index is 1.39. The molecule has 0 aromatic rings. The Morgan fingerprint density at radius 1 is 0.865 bits per heavy atom. The van der Waals surface area contributed by atoms with Crippen molar-refractivity contribution in [2.45, 2.75) is 179 Å². The molecule has 5 amide bonds. The molecule has 0 spiro atoms. The minimum Gasteiger partial charge on any atom is -0.347 e. The van der Waals surface area contributed by atoms with Gasteiger partial charge in [0, 0.05) is 12.6 Å². The molecule has 12 nitrogen and oxygen atoms in total. The van der Waals surface area contributed by atoms with Crippen molar-refractivity contribution < 1.29 is 32.4 Å². The average molecular weight is 748 g/mol. The summed E-state index contributed by atoms with van der Waals surface area (Å²) in [4.78, 5) is 71.0. The number of nitrogens with one attached hydrogen (secondary N) is 4. The normalized spacial score (nSPS) is 27.4. The Kier molecular flexibility index (Phi) is 11.8. The first-order valence-electron chi connectivity index (χ1n) is 20.0. The molecule has 1 aliphatic heterocycles. The Bertz CT molecular complexity index is 1490. The molecule has 0 aromatic heterocycles. The SMILES string of the molecule is CCCCC(NC(=O)[C@H]1C2C(CN1C(=O)[C@@H](NC(=O)NC1(CS(=O)(=O)C(C)(C)C)CCCCC1)C1(C)CCCCC1)C2(C)C)C(=O)C(=O)NC1CC1. The van der Waals surface area contributed by atoms with Gasteiger partial charge in [0.05, 0.1) is 22.1 Å². The minimum absolute atomic E-state index is 0.00797. The zero-order chi connectivity index (χ0) is 38.3.